The van der Waals surface area contributed by atoms with Crippen molar-refractivity contribution in [1.82, 2.24) is 0 Å². The van der Waals surface area contributed by atoms with E-state index in [2.05, 4.69) is 13.0 Å². The van der Waals surface area contributed by atoms with Crippen molar-refractivity contribution in [3.8, 4) is 0 Å². The van der Waals surface area contributed by atoms with Crippen LogP contribution in [0.2, 0.25) is 0 Å². The lowest BCUT2D eigenvalue weighted by molar-refractivity contribution is 0.128. The van der Waals surface area contributed by atoms with Crippen molar-refractivity contribution in [1.29, 1.82) is 0 Å². The van der Waals surface area contributed by atoms with Crippen LogP contribution in [0, 0.1) is 41.1 Å². The molecule has 1 unspecified atom stereocenters. The van der Waals surface area contributed by atoms with Crippen molar-refractivity contribution in [3.63, 3.8) is 0 Å². The van der Waals surface area contributed by atoms with E-state index >= 15 is 0 Å². The van der Waals surface area contributed by atoms with E-state index in [1.165, 1.54) is 50.7 Å². The van der Waals surface area contributed by atoms with Gasteiger partial charge in [0.15, 0.2) is 17.5 Å². The molecule has 1 atom stereocenters. The molecule has 0 spiro atoms. The quantitative estimate of drug-likeness (QED) is 0.377. The van der Waals surface area contributed by atoms with Crippen LogP contribution >= 0.6 is 0 Å². The van der Waals surface area contributed by atoms with Crippen LogP contribution in [0.3, 0.4) is 0 Å². The fourth-order valence-corrected chi connectivity index (χ4v) is 6.13. The number of hydrogen-bond donors (Lipinski definition) is 0. The van der Waals surface area contributed by atoms with Crippen molar-refractivity contribution in [3.05, 3.63) is 46.8 Å². The van der Waals surface area contributed by atoms with Crippen LogP contribution < -0.4 is 0 Å². The third-order valence-corrected chi connectivity index (χ3v) is 7.89. The number of halogens is 3. The molecule has 0 aromatic heterocycles. The molecule has 0 N–H and O–H groups in total. The predicted molar refractivity (Wildman–Crippen MR) is 103 cm³/mol. The fourth-order valence-electron chi connectivity index (χ4n) is 6.13. The molecular weight excluding hydrogens is 345 g/mol. The summed E-state index contributed by atoms with van der Waals surface area (Å²) in [4.78, 5) is 0. The first kappa shape index (κ1) is 19.1. The van der Waals surface area contributed by atoms with Gasteiger partial charge >= 0.3 is 0 Å². The van der Waals surface area contributed by atoms with Gasteiger partial charge in [-0.3, -0.25) is 0 Å². The molecule has 1 aromatic rings. The van der Waals surface area contributed by atoms with Gasteiger partial charge in [0, 0.05) is 0 Å². The summed E-state index contributed by atoms with van der Waals surface area (Å²) in [6.45, 7) is 2.18. The van der Waals surface area contributed by atoms with E-state index in [1.54, 1.807) is 5.57 Å². The average Bonchev–Trinajstić information content (AvgIpc) is 2.66. The molecule has 1 aromatic carbocycles. The average molecular weight is 377 g/mol. The van der Waals surface area contributed by atoms with Crippen LogP contribution in [0.1, 0.15) is 82.6 Å². The summed E-state index contributed by atoms with van der Waals surface area (Å²) in [5.41, 5.74) is 2.33. The van der Waals surface area contributed by atoms with E-state index in [9.17, 15) is 13.2 Å². The summed E-state index contributed by atoms with van der Waals surface area (Å²) >= 11 is 0. The molecule has 3 aliphatic carbocycles. The molecule has 0 amide bonds. The molecule has 27 heavy (non-hydrogen) atoms. The lowest BCUT2D eigenvalue weighted by Gasteiger charge is -2.43. The Hall–Kier alpha value is -1.25. The molecule has 3 aliphatic rings. The zero-order chi connectivity index (χ0) is 19.0. The molecule has 0 heterocycles. The minimum Gasteiger partial charge on any atom is -0.204 e. The third-order valence-electron chi connectivity index (χ3n) is 7.89. The highest BCUT2D eigenvalue weighted by molar-refractivity contribution is 5.23. The number of allylic oxidation sites excluding steroid dienone is 2. The zero-order valence-corrected chi connectivity index (χ0v) is 16.3. The van der Waals surface area contributed by atoms with E-state index in [0.29, 0.717) is 5.56 Å². The molecule has 0 saturated heterocycles. The molecule has 148 valence electrons. The van der Waals surface area contributed by atoms with E-state index in [1.807, 2.05) is 0 Å². The SMILES string of the molecule is C/C=C1/CCC1C1CCC(C2CCC(c3cc(F)c(F)c(F)c3)CC2)CC1. The van der Waals surface area contributed by atoms with Crippen molar-refractivity contribution in [2.75, 3.05) is 0 Å². The summed E-state index contributed by atoms with van der Waals surface area (Å²) in [6, 6.07) is 2.40. The molecule has 0 bridgehead atoms. The molecule has 0 aliphatic heterocycles. The Morgan fingerprint density at radius 1 is 0.741 bits per heavy atom. The molecule has 4 rings (SSSR count). The summed E-state index contributed by atoms with van der Waals surface area (Å²) in [6.07, 6.45) is 14.7. The van der Waals surface area contributed by atoms with E-state index in [4.69, 9.17) is 0 Å². The number of hydrogen-bond acceptors (Lipinski definition) is 0. The van der Waals surface area contributed by atoms with E-state index in [0.717, 1.165) is 49.4 Å². The molecule has 0 radical (unpaired) electrons. The largest absolute Gasteiger partial charge is 0.204 e. The van der Waals surface area contributed by atoms with Crippen molar-refractivity contribution in [2.24, 2.45) is 23.7 Å². The zero-order valence-electron chi connectivity index (χ0n) is 16.3. The third kappa shape index (κ3) is 3.84. The van der Waals surface area contributed by atoms with Crippen molar-refractivity contribution < 1.29 is 13.2 Å². The Morgan fingerprint density at radius 2 is 1.26 bits per heavy atom. The van der Waals surface area contributed by atoms with Gasteiger partial charge in [-0.05, 0) is 118 Å². The molecular formula is C24H31F3. The van der Waals surface area contributed by atoms with Crippen LogP contribution in [0.4, 0.5) is 13.2 Å². The summed E-state index contributed by atoms with van der Waals surface area (Å²) in [7, 11) is 0. The predicted octanol–water partition coefficient (Wildman–Crippen LogP) is 7.54. The van der Waals surface area contributed by atoms with Gasteiger partial charge in [-0.1, -0.05) is 11.6 Å². The minimum absolute atomic E-state index is 0.175. The fraction of sp³-hybridized carbons (Fsp3) is 0.667. The Morgan fingerprint density at radius 3 is 1.74 bits per heavy atom. The standard InChI is InChI=1S/C24H31F3/c1-2-15-11-12-21(15)19-9-7-17(8-10-19)16-3-5-18(6-4-16)20-13-22(25)24(27)23(26)14-20/h2,13-14,16-19,21H,3-12H2,1H3/b15-2-. The smallest absolute Gasteiger partial charge is 0.194 e. The van der Waals surface area contributed by atoms with E-state index < -0.39 is 17.5 Å². The van der Waals surface area contributed by atoms with Crippen LogP contribution in [-0.4, -0.2) is 0 Å². The Labute approximate surface area is 161 Å². The second kappa shape index (κ2) is 8.01. The maximum Gasteiger partial charge on any atom is 0.194 e. The summed E-state index contributed by atoms with van der Waals surface area (Å²) in [5.74, 6) is 0.0885. The molecule has 0 nitrogen and oxygen atoms in total. The molecule has 3 saturated carbocycles. The van der Waals surface area contributed by atoms with Crippen molar-refractivity contribution in [2.45, 2.75) is 77.0 Å². The first-order chi connectivity index (χ1) is 13.1. The lowest BCUT2D eigenvalue weighted by Crippen LogP contribution is -2.31. The Balaban J connectivity index is 1.29. The number of benzene rings is 1. The second-order valence-electron chi connectivity index (χ2n) is 9.09. The van der Waals surface area contributed by atoms with E-state index in [-0.39, 0.29) is 5.92 Å². The summed E-state index contributed by atoms with van der Waals surface area (Å²) in [5, 5.41) is 0. The normalized spacial score (nSPS) is 35.9. The van der Waals surface area contributed by atoms with Gasteiger partial charge < -0.3 is 0 Å². The van der Waals surface area contributed by atoms with Gasteiger partial charge in [-0.15, -0.1) is 0 Å². The highest BCUT2D eigenvalue weighted by Gasteiger charge is 2.37. The maximum atomic E-state index is 13.5. The topological polar surface area (TPSA) is 0 Å². The van der Waals surface area contributed by atoms with Gasteiger partial charge in [0.2, 0.25) is 0 Å². The Bertz CT molecular complexity index is 669. The molecule has 3 heteroatoms. The summed E-state index contributed by atoms with van der Waals surface area (Å²) < 4.78 is 40.3. The highest BCUT2D eigenvalue weighted by atomic mass is 19.2. The van der Waals surface area contributed by atoms with Crippen LogP contribution in [0.15, 0.2) is 23.8 Å². The van der Waals surface area contributed by atoms with Gasteiger partial charge in [-0.2, -0.15) is 0 Å². The van der Waals surface area contributed by atoms with Crippen LogP contribution in [0.25, 0.3) is 0 Å². The maximum absolute atomic E-state index is 13.5. The minimum atomic E-state index is -1.35. The first-order valence-electron chi connectivity index (χ1n) is 10.9. The molecule has 3 fully saturated rings. The first-order valence-corrected chi connectivity index (χ1v) is 10.9. The number of rotatable bonds is 3. The monoisotopic (exact) mass is 376 g/mol. The highest BCUT2D eigenvalue weighted by Crippen LogP contribution is 2.49. The van der Waals surface area contributed by atoms with Gasteiger partial charge in [0.05, 0.1) is 0 Å². The van der Waals surface area contributed by atoms with Crippen molar-refractivity contribution >= 4 is 0 Å². The van der Waals surface area contributed by atoms with Gasteiger partial charge in [0.1, 0.15) is 0 Å². The van der Waals surface area contributed by atoms with Gasteiger partial charge in [0.25, 0.3) is 0 Å². The van der Waals surface area contributed by atoms with Crippen LogP contribution in [-0.2, 0) is 0 Å². The van der Waals surface area contributed by atoms with Crippen LogP contribution in [0.5, 0.6) is 0 Å². The van der Waals surface area contributed by atoms with Gasteiger partial charge in [-0.25, -0.2) is 13.2 Å². The lowest BCUT2D eigenvalue weighted by atomic mass is 9.62. The Kier molecular flexibility index (Phi) is 5.66. The second-order valence-corrected chi connectivity index (χ2v) is 9.09.